The molecule has 4 heteroatoms. The van der Waals surface area contributed by atoms with Gasteiger partial charge in [0, 0.05) is 0 Å². The zero-order valence-electron chi connectivity index (χ0n) is 10.2. The molecule has 0 N–H and O–H groups in total. The van der Waals surface area contributed by atoms with Crippen LogP contribution in [0.2, 0.25) is 0 Å². The highest BCUT2D eigenvalue weighted by molar-refractivity contribution is 8.03. The van der Waals surface area contributed by atoms with E-state index in [2.05, 4.69) is 13.8 Å². The van der Waals surface area contributed by atoms with E-state index >= 15 is 0 Å². The number of esters is 1. The fourth-order valence-electron chi connectivity index (χ4n) is 1.50. The van der Waals surface area contributed by atoms with Crippen molar-refractivity contribution in [3.63, 3.8) is 0 Å². The Kier molecular flexibility index (Phi) is 6.36. The van der Waals surface area contributed by atoms with Crippen LogP contribution in [0.1, 0.15) is 33.6 Å². The first kappa shape index (κ1) is 14.0. The SMILES string of the molecule is CCOC(=O)C1CC(C)=C(C)SCCCS1. The second-order valence-corrected chi connectivity index (χ2v) is 6.47. The van der Waals surface area contributed by atoms with Gasteiger partial charge in [-0.2, -0.15) is 0 Å². The van der Waals surface area contributed by atoms with Crippen LogP contribution in [0.15, 0.2) is 10.5 Å². The van der Waals surface area contributed by atoms with Crippen LogP contribution in [0.25, 0.3) is 0 Å². The molecule has 1 aliphatic heterocycles. The monoisotopic (exact) mass is 260 g/mol. The molecule has 92 valence electrons. The summed E-state index contributed by atoms with van der Waals surface area (Å²) in [6, 6.07) is 0. The Labute approximate surface area is 107 Å². The number of rotatable bonds is 2. The van der Waals surface area contributed by atoms with Crippen molar-refractivity contribution >= 4 is 29.5 Å². The molecule has 2 nitrogen and oxygen atoms in total. The summed E-state index contributed by atoms with van der Waals surface area (Å²) in [5.74, 6) is 2.16. The van der Waals surface area contributed by atoms with E-state index in [4.69, 9.17) is 4.74 Å². The van der Waals surface area contributed by atoms with E-state index in [0.717, 1.165) is 24.3 Å². The molecule has 0 spiro atoms. The maximum atomic E-state index is 11.8. The molecular formula is C12H20O2S2. The van der Waals surface area contributed by atoms with E-state index in [1.807, 2.05) is 18.7 Å². The molecule has 0 aromatic carbocycles. The molecular weight excluding hydrogens is 240 g/mol. The molecule has 0 fully saturated rings. The van der Waals surface area contributed by atoms with Crippen molar-refractivity contribution in [3.8, 4) is 0 Å². The fraction of sp³-hybridized carbons (Fsp3) is 0.750. The lowest BCUT2D eigenvalue weighted by atomic mass is 10.1. The Hall–Kier alpha value is -0.0900. The highest BCUT2D eigenvalue weighted by Gasteiger charge is 2.22. The van der Waals surface area contributed by atoms with E-state index in [1.165, 1.54) is 10.5 Å². The van der Waals surface area contributed by atoms with E-state index in [0.29, 0.717) is 6.61 Å². The normalized spacial score (nSPS) is 23.3. The third kappa shape index (κ3) is 4.42. The third-order valence-electron chi connectivity index (χ3n) is 2.57. The summed E-state index contributed by atoms with van der Waals surface area (Å²) in [4.78, 5) is 13.1. The molecule has 16 heavy (non-hydrogen) atoms. The van der Waals surface area contributed by atoms with Crippen molar-refractivity contribution < 1.29 is 9.53 Å². The molecule has 1 aliphatic rings. The van der Waals surface area contributed by atoms with Gasteiger partial charge in [-0.05, 0) is 50.0 Å². The quantitative estimate of drug-likeness (QED) is 0.710. The van der Waals surface area contributed by atoms with Crippen molar-refractivity contribution in [2.24, 2.45) is 0 Å². The van der Waals surface area contributed by atoms with Gasteiger partial charge in [0.2, 0.25) is 0 Å². The lowest BCUT2D eigenvalue weighted by Gasteiger charge is -2.15. The topological polar surface area (TPSA) is 26.3 Å². The molecule has 0 saturated heterocycles. The van der Waals surface area contributed by atoms with E-state index < -0.39 is 0 Å². The Bertz CT molecular complexity index is 274. The van der Waals surface area contributed by atoms with Gasteiger partial charge in [0.25, 0.3) is 0 Å². The first-order valence-corrected chi connectivity index (χ1v) is 7.76. The van der Waals surface area contributed by atoms with Gasteiger partial charge in [-0.3, -0.25) is 4.79 Å². The number of carbonyl (C=O) groups excluding carboxylic acids is 1. The maximum Gasteiger partial charge on any atom is 0.319 e. The van der Waals surface area contributed by atoms with Crippen LogP contribution in [-0.4, -0.2) is 29.3 Å². The number of allylic oxidation sites excluding steroid dienone is 2. The van der Waals surface area contributed by atoms with Crippen molar-refractivity contribution in [1.29, 1.82) is 0 Å². The lowest BCUT2D eigenvalue weighted by Crippen LogP contribution is -2.21. The second-order valence-electron chi connectivity index (χ2n) is 3.85. The van der Waals surface area contributed by atoms with Crippen molar-refractivity contribution in [2.45, 2.75) is 38.9 Å². The summed E-state index contributed by atoms with van der Waals surface area (Å²) < 4.78 is 5.11. The minimum atomic E-state index is -0.0495. The van der Waals surface area contributed by atoms with Crippen molar-refractivity contribution in [2.75, 3.05) is 18.1 Å². The van der Waals surface area contributed by atoms with Crippen LogP contribution in [0, 0.1) is 0 Å². The average Bonchev–Trinajstić information content (AvgIpc) is 2.33. The van der Waals surface area contributed by atoms with E-state index in [9.17, 15) is 4.79 Å². The summed E-state index contributed by atoms with van der Waals surface area (Å²) in [6.07, 6.45) is 2.00. The summed E-state index contributed by atoms with van der Waals surface area (Å²) in [5.41, 5.74) is 1.33. The number of thioether (sulfide) groups is 2. The molecule has 0 amide bonds. The molecule has 1 heterocycles. The van der Waals surface area contributed by atoms with Gasteiger partial charge in [-0.1, -0.05) is 5.57 Å². The summed E-state index contributed by atoms with van der Waals surface area (Å²) in [7, 11) is 0. The summed E-state index contributed by atoms with van der Waals surface area (Å²) in [5, 5.41) is -0.00593. The molecule has 0 aromatic rings. The largest absolute Gasteiger partial charge is 0.465 e. The maximum absolute atomic E-state index is 11.8. The zero-order chi connectivity index (χ0) is 12.0. The van der Waals surface area contributed by atoms with Crippen LogP contribution >= 0.6 is 23.5 Å². The van der Waals surface area contributed by atoms with Gasteiger partial charge in [-0.15, -0.1) is 23.5 Å². The highest BCUT2D eigenvalue weighted by atomic mass is 32.2. The Morgan fingerprint density at radius 2 is 2.19 bits per heavy atom. The minimum absolute atomic E-state index is 0.00593. The first-order chi connectivity index (χ1) is 7.65. The number of hydrogen-bond acceptors (Lipinski definition) is 4. The van der Waals surface area contributed by atoms with Crippen LogP contribution in [-0.2, 0) is 9.53 Å². The lowest BCUT2D eigenvalue weighted by molar-refractivity contribution is -0.142. The van der Waals surface area contributed by atoms with Gasteiger partial charge < -0.3 is 4.74 Å². The smallest absolute Gasteiger partial charge is 0.319 e. The number of ether oxygens (including phenoxy) is 1. The van der Waals surface area contributed by atoms with Gasteiger partial charge in [0.15, 0.2) is 0 Å². The van der Waals surface area contributed by atoms with E-state index in [1.54, 1.807) is 11.8 Å². The Morgan fingerprint density at radius 3 is 2.88 bits per heavy atom. The summed E-state index contributed by atoms with van der Waals surface area (Å²) in [6.45, 7) is 6.62. The number of hydrogen-bond donors (Lipinski definition) is 0. The Morgan fingerprint density at radius 1 is 1.44 bits per heavy atom. The van der Waals surface area contributed by atoms with Crippen LogP contribution in [0.5, 0.6) is 0 Å². The van der Waals surface area contributed by atoms with Crippen LogP contribution < -0.4 is 0 Å². The molecule has 1 atom stereocenters. The van der Waals surface area contributed by atoms with Gasteiger partial charge in [-0.25, -0.2) is 0 Å². The highest BCUT2D eigenvalue weighted by Crippen LogP contribution is 2.30. The van der Waals surface area contributed by atoms with Gasteiger partial charge in [0.1, 0.15) is 5.25 Å². The molecule has 1 rings (SSSR count). The molecule has 0 radical (unpaired) electrons. The van der Waals surface area contributed by atoms with Crippen molar-refractivity contribution in [1.82, 2.24) is 0 Å². The zero-order valence-corrected chi connectivity index (χ0v) is 11.9. The van der Waals surface area contributed by atoms with Crippen LogP contribution in [0.4, 0.5) is 0 Å². The van der Waals surface area contributed by atoms with Crippen molar-refractivity contribution in [3.05, 3.63) is 10.5 Å². The third-order valence-corrected chi connectivity index (χ3v) is 5.13. The fourth-order valence-corrected chi connectivity index (χ4v) is 3.78. The molecule has 0 aliphatic carbocycles. The minimum Gasteiger partial charge on any atom is -0.465 e. The van der Waals surface area contributed by atoms with Gasteiger partial charge >= 0.3 is 5.97 Å². The number of carbonyl (C=O) groups is 1. The molecule has 1 unspecified atom stereocenters. The van der Waals surface area contributed by atoms with E-state index in [-0.39, 0.29) is 11.2 Å². The molecule has 0 bridgehead atoms. The predicted octanol–water partition coefficient (Wildman–Crippen LogP) is 3.47. The Balaban J connectivity index is 2.67. The second kappa shape index (κ2) is 7.28. The molecule has 0 aromatic heterocycles. The van der Waals surface area contributed by atoms with Gasteiger partial charge in [0.05, 0.1) is 6.61 Å². The predicted molar refractivity (Wildman–Crippen MR) is 72.9 cm³/mol. The first-order valence-electron chi connectivity index (χ1n) is 5.72. The average molecular weight is 260 g/mol. The standard InChI is InChI=1S/C12H20O2S2/c1-4-14-12(13)11-8-9(2)10(3)15-6-5-7-16-11/h11H,4-8H2,1-3H3. The van der Waals surface area contributed by atoms with Crippen LogP contribution in [0.3, 0.4) is 0 Å². The summed E-state index contributed by atoms with van der Waals surface area (Å²) >= 11 is 3.66. The molecule has 0 saturated carbocycles.